The summed E-state index contributed by atoms with van der Waals surface area (Å²) in [4.78, 5) is 12.8. The number of nitrogens with zero attached hydrogens (tertiary/aromatic N) is 1. The third-order valence-corrected chi connectivity index (χ3v) is 7.06. The normalized spacial score (nSPS) is 11.0. The number of halogens is 1. The number of benzene rings is 3. The highest BCUT2D eigenvalue weighted by atomic mass is 35.5. The van der Waals surface area contributed by atoms with E-state index >= 15 is 0 Å². The van der Waals surface area contributed by atoms with Gasteiger partial charge in [0.05, 0.1) is 24.2 Å². The van der Waals surface area contributed by atoms with E-state index in [-0.39, 0.29) is 18.0 Å². The largest absolute Gasteiger partial charge is 0.497 e. The highest BCUT2D eigenvalue weighted by Crippen LogP contribution is 2.30. The lowest BCUT2D eigenvalue weighted by atomic mass is 10.2. The Labute approximate surface area is 198 Å². The topological polar surface area (TPSA) is 84.9 Å². The Morgan fingerprint density at radius 3 is 2.30 bits per heavy atom. The number of hydrogen-bond donors (Lipinski definition) is 1. The Morgan fingerprint density at radius 1 is 0.970 bits per heavy atom. The summed E-state index contributed by atoms with van der Waals surface area (Å²) in [5, 5.41) is 3.12. The van der Waals surface area contributed by atoms with Crippen LogP contribution in [-0.4, -0.2) is 41.1 Å². The van der Waals surface area contributed by atoms with Crippen LogP contribution in [0, 0.1) is 6.92 Å². The van der Waals surface area contributed by atoms with Gasteiger partial charge in [-0.2, -0.15) is 0 Å². The molecule has 0 spiro atoms. The second-order valence-corrected chi connectivity index (χ2v) is 9.35. The third kappa shape index (κ3) is 6.18. The maximum atomic E-state index is 13.4. The van der Waals surface area contributed by atoms with Crippen LogP contribution in [0.25, 0.3) is 0 Å². The molecule has 0 radical (unpaired) electrons. The molecule has 0 heterocycles. The predicted molar refractivity (Wildman–Crippen MR) is 129 cm³/mol. The molecule has 0 aliphatic carbocycles. The number of amides is 1. The first-order valence-corrected chi connectivity index (χ1v) is 12.0. The Morgan fingerprint density at radius 2 is 1.64 bits per heavy atom. The molecule has 174 valence electrons. The molecule has 0 aliphatic heterocycles. The van der Waals surface area contributed by atoms with E-state index in [0.29, 0.717) is 27.8 Å². The molecule has 0 atom stereocenters. The maximum Gasteiger partial charge on any atom is 0.264 e. The molecule has 3 aromatic carbocycles. The van der Waals surface area contributed by atoms with Gasteiger partial charge in [0.2, 0.25) is 5.91 Å². The molecule has 7 nitrogen and oxygen atoms in total. The van der Waals surface area contributed by atoms with E-state index in [0.717, 1.165) is 4.31 Å². The van der Waals surface area contributed by atoms with Gasteiger partial charge >= 0.3 is 0 Å². The van der Waals surface area contributed by atoms with Crippen LogP contribution in [0.2, 0.25) is 5.02 Å². The zero-order chi connectivity index (χ0) is 23.8. The number of anilines is 1. The van der Waals surface area contributed by atoms with E-state index in [2.05, 4.69) is 5.32 Å². The quantitative estimate of drug-likeness (QED) is 0.435. The van der Waals surface area contributed by atoms with E-state index in [9.17, 15) is 13.2 Å². The summed E-state index contributed by atoms with van der Waals surface area (Å²) in [6, 6.07) is 20.0. The van der Waals surface area contributed by atoms with Gasteiger partial charge in [0.25, 0.3) is 10.0 Å². The van der Waals surface area contributed by atoms with Crippen molar-refractivity contribution in [2.75, 3.05) is 31.1 Å². The van der Waals surface area contributed by atoms with Gasteiger partial charge < -0.3 is 14.8 Å². The van der Waals surface area contributed by atoms with Crippen molar-refractivity contribution in [3.63, 3.8) is 0 Å². The van der Waals surface area contributed by atoms with E-state index in [1.165, 1.54) is 12.1 Å². The molecule has 0 saturated carbocycles. The van der Waals surface area contributed by atoms with Crippen molar-refractivity contribution in [3.05, 3.63) is 83.4 Å². The Hall–Kier alpha value is -3.23. The van der Waals surface area contributed by atoms with Crippen molar-refractivity contribution in [1.82, 2.24) is 5.32 Å². The first-order valence-electron chi connectivity index (χ1n) is 10.2. The van der Waals surface area contributed by atoms with Crippen LogP contribution in [-0.2, 0) is 14.8 Å². The van der Waals surface area contributed by atoms with Gasteiger partial charge in [0, 0.05) is 5.02 Å². The number of ether oxygens (including phenoxy) is 2. The highest BCUT2D eigenvalue weighted by Gasteiger charge is 2.28. The van der Waals surface area contributed by atoms with Gasteiger partial charge in [-0.3, -0.25) is 9.10 Å². The smallest absolute Gasteiger partial charge is 0.264 e. The van der Waals surface area contributed by atoms with Crippen molar-refractivity contribution in [1.29, 1.82) is 0 Å². The average Bonchev–Trinajstić information content (AvgIpc) is 2.83. The minimum Gasteiger partial charge on any atom is -0.497 e. The molecule has 33 heavy (non-hydrogen) atoms. The SMILES string of the molecule is COc1ccc(OCCNC(=O)CN(c2cccc(Cl)c2C)S(=O)(=O)c2ccccc2)cc1. The second kappa shape index (κ2) is 11.1. The Kier molecular flexibility index (Phi) is 8.19. The first-order chi connectivity index (χ1) is 15.8. The zero-order valence-electron chi connectivity index (χ0n) is 18.3. The second-order valence-electron chi connectivity index (χ2n) is 7.08. The number of sulfonamides is 1. The van der Waals surface area contributed by atoms with Crippen molar-refractivity contribution < 1.29 is 22.7 Å². The van der Waals surface area contributed by atoms with Crippen LogP contribution in [0.15, 0.2) is 77.7 Å². The number of hydrogen-bond acceptors (Lipinski definition) is 5. The van der Waals surface area contributed by atoms with Crippen molar-refractivity contribution in [2.24, 2.45) is 0 Å². The van der Waals surface area contributed by atoms with Gasteiger partial charge in [-0.25, -0.2) is 8.42 Å². The van der Waals surface area contributed by atoms with Crippen molar-refractivity contribution >= 4 is 33.2 Å². The monoisotopic (exact) mass is 488 g/mol. The summed E-state index contributed by atoms with van der Waals surface area (Å²) < 4.78 is 38.5. The molecule has 3 aromatic rings. The average molecular weight is 489 g/mol. The minimum atomic E-state index is -4.00. The molecule has 0 bridgehead atoms. The standard InChI is InChI=1S/C24H25ClN2O5S/c1-18-22(25)9-6-10-23(18)27(33(29,30)21-7-4-3-5-8-21)17-24(28)26-15-16-32-20-13-11-19(31-2)12-14-20/h3-14H,15-17H2,1-2H3,(H,26,28). The molecule has 9 heteroatoms. The molecule has 0 aromatic heterocycles. The van der Waals surface area contributed by atoms with Gasteiger partial charge in [-0.15, -0.1) is 0 Å². The van der Waals surface area contributed by atoms with Crippen LogP contribution in [0.5, 0.6) is 11.5 Å². The molecular weight excluding hydrogens is 464 g/mol. The highest BCUT2D eigenvalue weighted by molar-refractivity contribution is 7.92. The molecule has 1 amide bonds. The van der Waals surface area contributed by atoms with Gasteiger partial charge in [-0.05, 0) is 61.0 Å². The lowest BCUT2D eigenvalue weighted by molar-refractivity contribution is -0.119. The van der Waals surface area contributed by atoms with E-state index < -0.39 is 22.5 Å². The fraction of sp³-hybridized carbons (Fsp3) is 0.208. The summed E-state index contributed by atoms with van der Waals surface area (Å²) in [5.74, 6) is 0.881. The Balaban J connectivity index is 1.70. The van der Waals surface area contributed by atoms with Gasteiger partial charge in [0.1, 0.15) is 24.7 Å². The molecule has 0 saturated heterocycles. The van der Waals surface area contributed by atoms with E-state index in [1.54, 1.807) is 74.7 Å². The summed E-state index contributed by atoms with van der Waals surface area (Å²) in [6.45, 7) is 1.74. The van der Waals surface area contributed by atoms with E-state index in [4.69, 9.17) is 21.1 Å². The van der Waals surface area contributed by atoms with Crippen LogP contribution in [0.3, 0.4) is 0 Å². The maximum absolute atomic E-state index is 13.4. The fourth-order valence-corrected chi connectivity index (χ4v) is 4.77. The summed E-state index contributed by atoms with van der Waals surface area (Å²) in [5.41, 5.74) is 0.908. The number of methoxy groups -OCH3 is 1. The molecule has 0 fully saturated rings. The number of carbonyl (C=O) groups is 1. The van der Waals surface area contributed by atoms with Crippen molar-refractivity contribution in [2.45, 2.75) is 11.8 Å². The predicted octanol–water partition coefficient (Wildman–Crippen LogP) is 4.05. The third-order valence-electron chi connectivity index (χ3n) is 4.88. The van der Waals surface area contributed by atoms with Crippen LogP contribution in [0.4, 0.5) is 5.69 Å². The van der Waals surface area contributed by atoms with Crippen LogP contribution >= 0.6 is 11.6 Å². The number of nitrogens with one attached hydrogen (secondary N) is 1. The molecule has 0 aliphatic rings. The van der Waals surface area contributed by atoms with E-state index in [1.807, 2.05) is 0 Å². The Bertz CT molecular complexity index is 1190. The lowest BCUT2D eigenvalue weighted by Gasteiger charge is -2.26. The van der Waals surface area contributed by atoms with Gasteiger partial charge in [0.15, 0.2) is 0 Å². The zero-order valence-corrected chi connectivity index (χ0v) is 19.9. The van der Waals surface area contributed by atoms with Crippen LogP contribution in [0.1, 0.15) is 5.56 Å². The summed E-state index contributed by atoms with van der Waals surface area (Å²) in [7, 11) is -2.42. The lowest BCUT2D eigenvalue weighted by Crippen LogP contribution is -2.42. The van der Waals surface area contributed by atoms with Crippen LogP contribution < -0.4 is 19.1 Å². The molecule has 1 N–H and O–H groups in total. The van der Waals surface area contributed by atoms with Crippen molar-refractivity contribution in [3.8, 4) is 11.5 Å². The molecule has 0 unspecified atom stereocenters. The summed E-state index contributed by atoms with van der Waals surface area (Å²) in [6.07, 6.45) is 0. The van der Waals surface area contributed by atoms with Gasteiger partial charge in [-0.1, -0.05) is 35.9 Å². The number of carbonyl (C=O) groups excluding carboxylic acids is 1. The minimum absolute atomic E-state index is 0.0833. The number of rotatable bonds is 10. The fourth-order valence-electron chi connectivity index (χ4n) is 3.10. The first kappa shape index (κ1) is 24.4. The molecular formula is C24H25ClN2O5S. The summed E-state index contributed by atoms with van der Waals surface area (Å²) >= 11 is 6.22. The molecule has 3 rings (SSSR count).